The summed E-state index contributed by atoms with van der Waals surface area (Å²) >= 11 is 0. The standard InChI is InChI=1S/C25H25N3O/c1-4-26-24(25-22-14-17(2)18(3)15-23(22)27-16-28-25)19-10-12-21(13-11-19)29-20-8-6-5-7-9-20/h5-16,24,26H,4H2,1-3H3/t24-/m0/s1. The second-order valence-corrected chi connectivity index (χ2v) is 7.19. The van der Waals surface area contributed by atoms with E-state index < -0.39 is 0 Å². The van der Waals surface area contributed by atoms with Gasteiger partial charge < -0.3 is 10.1 Å². The Labute approximate surface area is 171 Å². The highest BCUT2D eigenvalue weighted by molar-refractivity contribution is 5.83. The van der Waals surface area contributed by atoms with Crippen molar-refractivity contribution in [1.82, 2.24) is 15.3 Å². The van der Waals surface area contributed by atoms with Crippen LogP contribution in [0.25, 0.3) is 10.9 Å². The maximum absolute atomic E-state index is 5.93. The first-order chi connectivity index (χ1) is 14.2. The van der Waals surface area contributed by atoms with Gasteiger partial charge in [0.2, 0.25) is 0 Å². The van der Waals surface area contributed by atoms with Gasteiger partial charge in [0.05, 0.1) is 17.3 Å². The lowest BCUT2D eigenvalue weighted by Crippen LogP contribution is -2.23. The van der Waals surface area contributed by atoms with Gasteiger partial charge in [0.25, 0.3) is 0 Å². The average Bonchev–Trinajstić information content (AvgIpc) is 2.74. The Hall–Kier alpha value is -3.24. The molecule has 1 atom stereocenters. The molecule has 0 aliphatic carbocycles. The van der Waals surface area contributed by atoms with Crippen LogP contribution in [-0.4, -0.2) is 16.5 Å². The van der Waals surface area contributed by atoms with Gasteiger partial charge in [0.15, 0.2) is 0 Å². The summed E-state index contributed by atoms with van der Waals surface area (Å²) in [4.78, 5) is 9.14. The molecule has 0 saturated carbocycles. The number of hydrogen-bond donors (Lipinski definition) is 1. The second kappa shape index (κ2) is 8.41. The molecule has 1 N–H and O–H groups in total. The van der Waals surface area contributed by atoms with Gasteiger partial charge in [0, 0.05) is 5.39 Å². The molecule has 0 amide bonds. The Morgan fingerprint density at radius 1 is 0.862 bits per heavy atom. The van der Waals surface area contributed by atoms with Crippen LogP contribution in [0, 0.1) is 13.8 Å². The Morgan fingerprint density at radius 2 is 1.55 bits per heavy atom. The lowest BCUT2D eigenvalue weighted by Gasteiger charge is -2.20. The summed E-state index contributed by atoms with van der Waals surface area (Å²) in [5.41, 5.74) is 5.60. The molecule has 0 aliphatic rings. The molecule has 0 radical (unpaired) electrons. The van der Waals surface area contributed by atoms with E-state index in [1.165, 1.54) is 11.1 Å². The number of ether oxygens (including phenoxy) is 1. The highest BCUT2D eigenvalue weighted by Gasteiger charge is 2.18. The molecule has 4 heteroatoms. The van der Waals surface area contributed by atoms with E-state index in [1.54, 1.807) is 6.33 Å². The van der Waals surface area contributed by atoms with E-state index in [4.69, 9.17) is 4.74 Å². The minimum atomic E-state index is -0.0154. The van der Waals surface area contributed by atoms with Crippen LogP contribution in [0.15, 0.2) is 73.1 Å². The van der Waals surface area contributed by atoms with Gasteiger partial charge in [-0.25, -0.2) is 9.97 Å². The molecule has 29 heavy (non-hydrogen) atoms. The summed E-state index contributed by atoms with van der Waals surface area (Å²) in [5.74, 6) is 1.64. The first-order valence-corrected chi connectivity index (χ1v) is 9.94. The molecule has 0 fully saturated rings. The molecule has 0 aliphatic heterocycles. The number of fused-ring (bicyclic) bond motifs is 1. The van der Waals surface area contributed by atoms with Gasteiger partial charge in [-0.2, -0.15) is 0 Å². The van der Waals surface area contributed by atoms with E-state index in [-0.39, 0.29) is 6.04 Å². The smallest absolute Gasteiger partial charge is 0.127 e. The lowest BCUT2D eigenvalue weighted by molar-refractivity contribution is 0.482. The van der Waals surface area contributed by atoms with Gasteiger partial charge in [-0.05, 0) is 73.5 Å². The quantitative estimate of drug-likeness (QED) is 0.461. The molecule has 4 nitrogen and oxygen atoms in total. The molecule has 146 valence electrons. The minimum absolute atomic E-state index is 0.0154. The van der Waals surface area contributed by atoms with Crippen LogP contribution >= 0.6 is 0 Å². The van der Waals surface area contributed by atoms with Crippen molar-refractivity contribution in [2.24, 2.45) is 0 Å². The zero-order valence-corrected chi connectivity index (χ0v) is 17.0. The third kappa shape index (κ3) is 4.13. The number of nitrogens with zero attached hydrogens (tertiary/aromatic N) is 2. The Balaban J connectivity index is 1.69. The molecule has 0 saturated heterocycles. The summed E-state index contributed by atoms with van der Waals surface area (Å²) in [7, 11) is 0. The first-order valence-electron chi connectivity index (χ1n) is 9.94. The van der Waals surface area contributed by atoms with Crippen LogP contribution in [-0.2, 0) is 0 Å². The van der Waals surface area contributed by atoms with Crippen LogP contribution in [0.5, 0.6) is 11.5 Å². The molecular weight excluding hydrogens is 358 g/mol. The number of hydrogen-bond acceptors (Lipinski definition) is 4. The number of aryl methyl sites for hydroxylation is 2. The Bertz CT molecular complexity index is 1110. The van der Waals surface area contributed by atoms with Crippen molar-refractivity contribution in [2.45, 2.75) is 26.8 Å². The summed E-state index contributed by atoms with van der Waals surface area (Å²) in [6.07, 6.45) is 1.66. The third-order valence-electron chi connectivity index (χ3n) is 5.16. The first kappa shape index (κ1) is 19.1. The van der Waals surface area contributed by atoms with Crippen LogP contribution < -0.4 is 10.1 Å². The number of nitrogens with one attached hydrogen (secondary N) is 1. The fraction of sp³-hybridized carbons (Fsp3) is 0.200. The Morgan fingerprint density at radius 3 is 2.28 bits per heavy atom. The minimum Gasteiger partial charge on any atom is -0.457 e. The van der Waals surface area contributed by atoms with Crippen LogP contribution in [0.4, 0.5) is 0 Å². The highest BCUT2D eigenvalue weighted by atomic mass is 16.5. The maximum atomic E-state index is 5.93. The second-order valence-electron chi connectivity index (χ2n) is 7.19. The average molecular weight is 383 g/mol. The molecule has 4 aromatic rings. The number of rotatable bonds is 6. The zero-order chi connectivity index (χ0) is 20.2. The summed E-state index contributed by atoms with van der Waals surface area (Å²) in [6.45, 7) is 7.19. The van der Waals surface area contributed by atoms with Crippen molar-refractivity contribution in [3.8, 4) is 11.5 Å². The van der Waals surface area contributed by atoms with Crippen LogP contribution in [0.2, 0.25) is 0 Å². The predicted octanol–water partition coefficient (Wildman–Crippen LogP) is 5.74. The van der Waals surface area contributed by atoms with Gasteiger partial charge >= 0.3 is 0 Å². The highest BCUT2D eigenvalue weighted by Crippen LogP contribution is 2.30. The zero-order valence-electron chi connectivity index (χ0n) is 17.0. The summed E-state index contributed by atoms with van der Waals surface area (Å²) < 4.78 is 5.93. The molecule has 0 spiro atoms. The van der Waals surface area contributed by atoms with Gasteiger partial charge in [0.1, 0.15) is 17.8 Å². The van der Waals surface area contributed by atoms with E-state index in [0.717, 1.165) is 40.2 Å². The number of aromatic nitrogens is 2. The van der Waals surface area contributed by atoms with E-state index in [1.807, 2.05) is 42.5 Å². The van der Waals surface area contributed by atoms with Crippen LogP contribution in [0.3, 0.4) is 0 Å². The molecule has 0 bridgehead atoms. The fourth-order valence-corrected chi connectivity index (χ4v) is 3.50. The fourth-order valence-electron chi connectivity index (χ4n) is 3.50. The SMILES string of the molecule is CCN[C@@H](c1ccc(Oc2ccccc2)cc1)c1ncnc2cc(C)c(C)cc12. The molecule has 1 aromatic heterocycles. The molecule has 1 heterocycles. The van der Waals surface area contributed by atoms with Crippen molar-refractivity contribution in [3.63, 3.8) is 0 Å². The van der Waals surface area contributed by atoms with Crippen LogP contribution in [0.1, 0.15) is 35.3 Å². The van der Waals surface area contributed by atoms with Crippen molar-refractivity contribution < 1.29 is 4.74 Å². The molecule has 4 rings (SSSR count). The van der Waals surface area contributed by atoms with Crippen molar-refractivity contribution in [2.75, 3.05) is 6.54 Å². The maximum Gasteiger partial charge on any atom is 0.127 e. The largest absolute Gasteiger partial charge is 0.457 e. The van der Waals surface area contributed by atoms with Gasteiger partial charge in [-0.1, -0.05) is 37.3 Å². The van der Waals surface area contributed by atoms with Gasteiger partial charge in [-0.3, -0.25) is 0 Å². The molecule has 0 unspecified atom stereocenters. The molecular formula is C25H25N3O. The number of benzene rings is 3. The van der Waals surface area contributed by atoms with Crippen molar-refractivity contribution >= 4 is 10.9 Å². The van der Waals surface area contributed by atoms with E-state index >= 15 is 0 Å². The topological polar surface area (TPSA) is 47.0 Å². The molecule has 3 aromatic carbocycles. The lowest BCUT2D eigenvalue weighted by atomic mass is 9.97. The van der Waals surface area contributed by atoms with Gasteiger partial charge in [-0.15, -0.1) is 0 Å². The third-order valence-corrected chi connectivity index (χ3v) is 5.16. The Kier molecular flexibility index (Phi) is 5.54. The van der Waals surface area contributed by atoms with Crippen molar-refractivity contribution in [1.29, 1.82) is 0 Å². The summed E-state index contributed by atoms with van der Waals surface area (Å²) in [5, 5.41) is 4.67. The van der Waals surface area contributed by atoms with E-state index in [0.29, 0.717) is 0 Å². The number of para-hydroxylation sites is 1. The van der Waals surface area contributed by atoms with Crippen molar-refractivity contribution in [3.05, 3.63) is 95.4 Å². The normalized spacial score (nSPS) is 12.1. The monoisotopic (exact) mass is 383 g/mol. The summed E-state index contributed by atoms with van der Waals surface area (Å²) in [6, 6.07) is 22.3. The van der Waals surface area contributed by atoms with E-state index in [2.05, 4.69) is 60.3 Å². The van der Waals surface area contributed by atoms with E-state index in [9.17, 15) is 0 Å². The predicted molar refractivity (Wildman–Crippen MR) is 117 cm³/mol.